The summed E-state index contributed by atoms with van der Waals surface area (Å²) >= 11 is 0. The first-order chi connectivity index (χ1) is 10.1. The predicted molar refractivity (Wildman–Crippen MR) is 86.5 cm³/mol. The van der Waals surface area contributed by atoms with Gasteiger partial charge in [-0.15, -0.1) is 0 Å². The predicted octanol–water partition coefficient (Wildman–Crippen LogP) is 2.87. The van der Waals surface area contributed by atoms with Crippen LogP contribution in [0.4, 0.5) is 4.79 Å². The van der Waals surface area contributed by atoms with E-state index >= 15 is 0 Å². The van der Waals surface area contributed by atoms with Crippen LogP contribution in [0.15, 0.2) is 4.99 Å². The molecular formula is C16H30N4O. The Labute approximate surface area is 128 Å². The highest BCUT2D eigenvalue weighted by Gasteiger charge is 2.19. The minimum atomic E-state index is -0.104. The average molecular weight is 294 g/mol. The fourth-order valence-electron chi connectivity index (χ4n) is 3.15. The molecule has 5 heteroatoms. The van der Waals surface area contributed by atoms with Gasteiger partial charge >= 0.3 is 6.03 Å². The molecule has 5 nitrogen and oxygen atoms in total. The maximum Gasteiger partial charge on any atom is 0.323 e. The van der Waals surface area contributed by atoms with Crippen LogP contribution in [0, 0.1) is 0 Å². The Morgan fingerprint density at radius 1 is 0.952 bits per heavy atom. The quantitative estimate of drug-likeness (QED) is 0.608. The van der Waals surface area contributed by atoms with Crippen molar-refractivity contribution in [2.24, 2.45) is 4.99 Å². The molecule has 21 heavy (non-hydrogen) atoms. The molecule has 2 aliphatic rings. The van der Waals surface area contributed by atoms with Crippen LogP contribution < -0.4 is 10.6 Å². The largest absolute Gasteiger partial charge is 0.353 e. The molecule has 0 bridgehead atoms. The number of nitrogens with zero attached hydrogens (tertiary/aromatic N) is 2. The van der Waals surface area contributed by atoms with Crippen molar-refractivity contribution in [3.63, 3.8) is 0 Å². The molecule has 2 saturated carbocycles. The van der Waals surface area contributed by atoms with Gasteiger partial charge in [-0.2, -0.15) is 0 Å². The lowest BCUT2D eigenvalue weighted by Crippen LogP contribution is -2.49. The highest BCUT2D eigenvalue weighted by Crippen LogP contribution is 2.21. The van der Waals surface area contributed by atoms with Crippen LogP contribution in [-0.4, -0.2) is 43.1 Å². The van der Waals surface area contributed by atoms with Gasteiger partial charge in [-0.25, -0.2) is 9.79 Å². The van der Waals surface area contributed by atoms with Crippen LogP contribution in [0.25, 0.3) is 0 Å². The summed E-state index contributed by atoms with van der Waals surface area (Å²) in [6.07, 6.45) is 12.4. The fourth-order valence-corrected chi connectivity index (χ4v) is 3.15. The average Bonchev–Trinajstić information content (AvgIpc) is 2.49. The van der Waals surface area contributed by atoms with E-state index < -0.39 is 0 Å². The molecule has 2 aliphatic carbocycles. The number of guanidine groups is 1. The number of carbonyl (C=O) groups excluding carboxylic acids is 1. The number of hydrogen-bond acceptors (Lipinski definition) is 2. The van der Waals surface area contributed by atoms with Crippen LogP contribution in [0.3, 0.4) is 0 Å². The molecule has 2 N–H and O–H groups in total. The molecule has 0 spiro atoms. The van der Waals surface area contributed by atoms with E-state index in [0.29, 0.717) is 18.0 Å². The van der Waals surface area contributed by atoms with Gasteiger partial charge < -0.3 is 10.2 Å². The zero-order valence-electron chi connectivity index (χ0n) is 13.5. The van der Waals surface area contributed by atoms with Crippen LogP contribution in [0.5, 0.6) is 0 Å². The normalized spacial score (nSPS) is 21.9. The van der Waals surface area contributed by atoms with Crippen LogP contribution >= 0.6 is 0 Å². The maximum absolute atomic E-state index is 11.9. The Bertz CT molecular complexity index is 355. The van der Waals surface area contributed by atoms with Gasteiger partial charge in [0.15, 0.2) is 5.96 Å². The molecule has 2 amide bonds. The topological polar surface area (TPSA) is 56.7 Å². The Hall–Kier alpha value is -1.26. The Morgan fingerprint density at radius 3 is 2.10 bits per heavy atom. The lowest BCUT2D eigenvalue weighted by molar-refractivity contribution is 0.222. The molecule has 0 saturated heterocycles. The van der Waals surface area contributed by atoms with Crippen molar-refractivity contribution in [1.82, 2.24) is 15.5 Å². The van der Waals surface area contributed by atoms with Crippen LogP contribution in [0.1, 0.15) is 64.2 Å². The highest BCUT2D eigenvalue weighted by molar-refractivity contribution is 5.96. The molecule has 0 atom stereocenters. The van der Waals surface area contributed by atoms with E-state index in [1.807, 2.05) is 0 Å². The molecule has 2 fully saturated rings. The first-order valence-electron chi connectivity index (χ1n) is 8.48. The van der Waals surface area contributed by atoms with Gasteiger partial charge in [0.1, 0.15) is 0 Å². The van der Waals surface area contributed by atoms with E-state index in [2.05, 4.69) is 10.6 Å². The second kappa shape index (κ2) is 8.25. The van der Waals surface area contributed by atoms with Crippen molar-refractivity contribution < 1.29 is 4.79 Å². The summed E-state index contributed by atoms with van der Waals surface area (Å²) in [5.74, 6) is 0.688. The van der Waals surface area contributed by atoms with Crippen molar-refractivity contribution >= 4 is 12.0 Å². The van der Waals surface area contributed by atoms with Gasteiger partial charge in [0.05, 0.1) is 6.04 Å². The minimum absolute atomic E-state index is 0.104. The number of hydrogen-bond donors (Lipinski definition) is 2. The van der Waals surface area contributed by atoms with E-state index in [1.165, 1.54) is 51.4 Å². The zero-order chi connectivity index (χ0) is 15.1. The molecule has 2 rings (SSSR count). The Morgan fingerprint density at radius 2 is 1.52 bits per heavy atom. The van der Waals surface area contributed by atoms with Crippen LogP contribution in [0.2, 0.25) is 0 Å². The third-order valence-electron chi connectivity index (χ3n) is 4.46. The van der Waals surface area contributed by atoms with Crippen molar-refractivity contribution in [3.8, 4) is 0 Å². The number of rotatable bonds is 2. The van der Waals surface area contributed by atoms with Crippen molar-refractivity contribution in [2.45, 2.75) is 76.3 Å². The third kappa shape index (κ3) is 5.56. The highest BCUT2D eigenvalue weighted by atomic mass is 16.2. The summed E-state index contributed by atoms with van der Waals surface area (Å²) in [5, 5.41) is 6.42. The summed E-state index contributed by atoms with van der Waals surface area (Å²) in [4.78, 5) is 18.3. The minimum Gasteiger partial charge on any atom is -0.353 e. The summed E-state index contributed by atoms with van der Waals surface area (Å²) in [7, 11) is 3.52. The van der Waals surface area contributed by atoms with Gasteiger partial charge in [-0.05, 0) is 25.7 Å². The van der Waals surface area contributed by atoms with Crippen molar-refractivity contribution in [1.29, 1.82) is 0 Å². The third-order valence-corrected chi connectivity index (χ3v) is 4.46. The van der Waals surface area contributed by atoms with E-state index in [4.69, 9.17) is 4.99 Å². The van der Waals surface area contributed by atoms with Gasteiger partial charge in [0.2, 0.25) is 0 Å². The molecular weight excluding hydrogens is 264 g/mol. The van der Waals surface area contributed by atoms with Gasteiger partial charge in [-0.3, -0.25) is 5.32 Å². The molecule has 0 aromatic carbocycles. The Kier molecular flexibility index (Phi) is 6.33. The monoisotopic (exact) mass is 294 g/mol. The van der Waals surface area contributed by atoms with Crippen LogP contribution in [-0.2, 0) is 0 Å². The summed E-state index contributed by atoms with van der Waals surface area (Å²) in [6.45, 7) is 0. The summed E-state index contributed by atoms with van der Waals surface area (Å²) < 4.78 is 0. The van der Waals surface area contributed by atoms with Gasteiger partial charge in [-0.1, -0.05) is 38.5 Å². The van der Waals surface area contributed by atoms with Gasteiger partial charge in [0, 0.05) is 20.1 Å². The number of nitrogens with one attached hydrogen (secondary N) is 2. The first kappa shape index (κ1) is 16.1. The molecule has 0 aromatic rings. The smallest absolute Gasteiger partial charge is 0.323 e. The van der Waals surface area contributed by atoms with E-state index in [-0.39, 0.29) is 6.03 Å². The standard InChI is InChI=1S/C16H30N4O/c1-20(2)16(21)19-15(17-13-9-5-3-6-10-13)18-14-11-7-4-8-12-14/h13-14H,3-12H2,1-2H3,(H2,17,18,19,21). The molecule has 0 unspecified atom stereocenters. The number of aliphatic imine (C=N–C) groups is 1. The van der Waals surface area contributed by atoms with Crippen molar-refractivity contribution in [2.75, 3.05) is 14.1 Å². The lowest BCUT2D eigenvalue weighted by atomic mass is 9.95. The molecule has 0 aromatic heterocycles. The van der Waals surface area contributed by atoms with E-state index in [0.717, 1.165) is 12.8 Å². The fraction of sp³-hybridized carbons (Fsp3) is 0.875. The number of amides is 2. The lowest BCUT2D eigenvalue weighted by Gasteiger charge is -2.27. The number of urea groups is 1. The summed E-state index contributed by atoms with van der Waals surface area (Å²) in [5.41, 5.74) is 0. The van der Waals surface area contributed by atoms with Gasteiger partial charge in [0.25, 0.3) is 0 Å². The molecule has 0 heterocycles. The van der Waals surface area contributed by atoms with Crippen molar-refractivity contribution in [3.05, 3.63) is 0 Å². The maximum atomic E-state index is 11.9. The van der Waals surface area contributed by atoms with E-state index in [1.54, 1.807) is 19.0 Å². The number of carbonyl (C=O) groups is 1. The molecule has 0 aliphatic heterocycles. The SMILES string of the molecule is CN(C)C(=O)NC(=NC1CCCCC1)NC1CCCCC1. The molecule has 0 radical (unpaired) electrons. The molecule has 120 valence electrons. The summed E-state index contributed by atoms with van der Waals surface area (Å²) in [6, 6.07) is 0.726. The first-order valence-corrected chi connectivity index (χ1v) is 8.48. The zero-order valence-corrected chi connectivity index (χ0v) is 13.5. The van der Waals surface area contributed by atoms with E-state index in [9.17, 15) is 4.79 Å². The second-order valence-corrected chi connectivity index (χ2v) is 6.57. The Balaban J connectivity index is 1.97. The second-order valence-electron chi connectivity index (χ2n) is 6.57.